The SMILES string of the molecule is Clc1nc2ncccc2c2n[nH]nc12. The lowest BCUT2D eigenvalue weighted by molar-refractivity contribution is 0.960. The number of nitrogens with one attached hydrogen (secondary N) is 1. The van der Waals surface area contributed by atoms with Crippen LogP contribution in [0.25, 0.3) is 22.1 Å². The number of hydrogen-bond acceptors (Lipinski definition) is 4. The number of aromatic nitrogens is 5. The second-order valence-electron chi connectivity index (χ2n) is 2.80. The zero-order valence-corrected chi connectivity index (χ0v) is 7.65. The minimum Gasteiger partial charge on any atom is -0.237 e. The molecule has 3 aromatic heterocycles. The summed E-state index contributed by atoms with van der Waals surface area (Å²) in [4.78, 5) is 8.20. The van der Waals surface area contributed by atoms with Gasteiger partial charge in [0.05, 0.1) is 0 Å². The predicted octanol–water partition coefficient (Wildman–Crippen LogP) is 1.55. The van der Waals surface area contributed by atoms with Gasteiger partial charge >= 0.3 is 0 Å². The normalized spacial score (nSPS) is 11.2. The molecule has 0 fully saturated rings. The summed E-state index contributed by atoms with van der Waals surface area (Å²) in [5.41, 5.74) is 1.86. The third-order valence-electron chi connectivity index (χ3n) is 1.99. The molecule has 0 amide bonds. The molecule has 0 bridgehead atoms. The van der Waals surface area contributed by atoms with E-state index in [0.717, 1.165) is 5.39 Å². The van der Waals surface area contributed by atoms with E-state index in [1.807, 2.05) is 12.1 Å². The smallest absolute Gasteiger partial charge is 0.163 e. The van der Waals surface area contributed by atoms with Crippen molar-refractivity contribution in [3.8, 4) is 0 Å². The van der Waals surface area contributed by atoms with Crippen molar-refractivity contribution in [3.63, 3.8) is 0 Å². The molecule has 5 nitrogen and oxygen atoms in total. The van der Waals surface area contributed by atoms with Gasteiger partial charge in [-0.3, -0.25) is 0 Å². The number of pyridine rings is 2. The number of nitrogens with zero attached hydrogens (tertiary/aromatic N) is 4. The maximum Gasteiger partial charge on any atom is 0.163 e. The van der Waals surface area contributed by atoms with E-state index in [1.54, 1.807) is 6.20 Å². The van der Waals surface area contributed by atoms with Crippen LogP contribution in [0.2, 0.25) is 5.15 Å². The Labute approximate surface area is 83.1 Å². The van der Waals surface area contributed by atoms with Crippen LogP contribution in [0.5, 0.6) is 0 Å². The van der Waals surface area contributed by atoms with Crippen LogP contribution in [-0.2, 0) is 0 Å². The lowest BCUT2D eigenvalue weighted by Crippen LogP contribution is -1.86. The van der Waals surface area contributed by atoms with Crippen molar-refractivity contribution in [2.75, 3.05) is 0 Å². The summed E-state index contributed by atoms with van der Waals surface area (Å²) < 4.78 is 0. The molecule has 3 rings (SSSR count). The van der Waals surface area contributed by atoms with Gasteiger partial charge in [0.2, 0.25) is 0 Å². The lowest BCUT2D eigenvalue weighted by Gasteiger charge is -1.96. The first-order valence-electron chi connectivity index (χ1n) is 3.97. The fourth-order valence-corrected chi connectivity index (χ4v) is 1.59. The average Bonchev–Trinajstić information content (AvgIpc) is 2.67. The number of halogens is 1. The molecular formula is C8H4ClN5. The fraction of sp³-hybridized carbons (Fsp3) is 0. The molecule has 0 saturated carbocycles. The minimum atomic E-state index is 0.319. The number of H-pyrrole nitrogens is 1. The molecule has 1 N–H and O–H groups in total. The standard InChI is InChI=1S/C8H4ClN5/c9-7-6-5(12-14-13-6)4-2-1-3-10-8(4)11-7/h1-3H,(H,12,13,14). The lowest BCUT2D eigenvalue weighted by atomic mass is 10.2. The molecule has 68 valence electrons. The Kier molecular flexibility index (Phi) is 1.43. The van der Waals surface area contributed by atoms with Crippen LogP contribution in [0, 0.1) is 0 Å². The van der Waals surface area contributed by atoms with Crippen LogP contribution < -0.4 is 0 Å². The van der Waals surface area contributed by atoms with Crippen LogP contribution in [0.4, 0.5) is 0 Å². The highest BCUT2D eigenvalue weighted by Crippen LogP contribution is 2.23. The molecule has 0 saturated heterocycles. The van der Waals surface area contributed by atoms with Crippen LogP contribution >= 0.6 is 11.6 Å². The molecule has 0 aromatic carbocycles. The third kappa shape index (κ3) is 0.898. The Hall–Kier alpha value is -1.75. The molecule has 0 unspecified atom stereocenters. The van der Waals surface area contributed by atoms with Crippen molar-refractivity contribution in [1.82, 2.24) is 25.4 Å². The van der Waals surface area contributed by atoms with Crippen molar-refractivity contribution < 1.29 is 0 Å². The topological polar surface area (TPSA) is 67.3 Å². The van der Waals surface area contributed by atoms with E-state index in [4.69, 9.17) is 11.6 Å². The average molecular weight is 206 g/mol. The summed E-state index contributed by atoms with van der Waals surface area (Å²) in [6.07, 6.45) is 1.66. The molecule has 3 aromatic rings. The minimum absolute atomic E-state index is 0.319. The van der Waals surface area contributed by atoms with Gasteiger partial charge in [-0.15, -0.1) is 0 Å². The van der Waals surface area contributed by atoms with Gasteiger partial charge in [-0.25, -0.2) is 9.97 Å². The molecule has 0 aliphatic carbocycles. The summed E-state index contributed by atoms with van der Waals surface area (Å²) in [6.45, 7) is 0. The summed E-state index contributed by atoms with van der Waals surface area (Å²) >= 11 is 5.90. The molecule has 6 heteroatoms. The Morgan fingerprint density at radius 3 is 3.00 bits per heavy atom. The zero-order chi connectivity index (χ0) is 9.54. The maximum atomic E-state index is 5.90. The van der Waals surface area contributed by atoms with E-state index < -0.39 is 0 Å². The van der Waals surface area contributed by atoms with Crippen LogP contribution in [-0.4, -0.2) is 25.4 Å². The maximum absolute atomic E-state index is 5.90. The quantitative estimate of drug-likeness (QED) is 0.566. The first kappa shape index (κ1) is 7.64. The third-order valence-corrected chi connectivity index (χ3v) is 2.25. The molecule has 3 heterocycles. The van der Waals surface area contributed by atoms with Crippen molar-refractivity contribution in [3.05, 3.63) is 23.5 Å². The van der Waals surface area contributed by atoms with E-state index in [0.29, 0.717) is 21.8 Å². The van der Waals surface area contributed by atoms with Crippen LogP contribution in [0.3, 0.4) is 0 Å². The van der Waals surface area contributed by atoms with E-state index in [1.165, 1.54) is 0 Å². The Bertz CT molecular complexity index is 617. The second kappa shape index (κ2) is 2.62. The number of aromatic amines is 1. The molecule has 0 radical (unpaired) electrons. The molecule has 0 atom stereocenters. The van der Waals surface area contributed by atoms with Gasteiger partial charge in [0.1, 0.15) is 5.52 Å². The van der Waals surface area contributed by atoms with Gasteiger partial charge in [-0.1, -0.05) is 11.6 Å². The Morgan fingerprint density at radius 2 is 2.07 bits per heavy atom. The summed E-state index contributed by atoms with van der Waals surface area (Å²) in [5, 5.41) is 11.6. The van der Waals surface area contributed by atoms with Gasteiger partial charge in [0.15, 0.2) is 16.3 Å². The van der Waals surface area contributed by atoms with Gasteiger partial charge < -0.3 is 0 Å². The van der Waals surface area contributed by atoms with Crippen LogP contribution in [0.1, 0.15) is 0 Å². The van der Waals surface area contributed by atoms with Gasteiger partial charge in [0, 0.05) is 11.6 Å². The first-order chi connectivity index (χ1) is 6.86. The van der Waals surface area contributed by atoms with E-state index in [9.17, 15) is 0 Å². The van der Waals surface area contributed by atoms with Gasteiger partial charge in [0.25, 0.3) is 0 Å². The monoisotopic (exact) mass is 205 g/mol. The molecule has 14 heavy (non-hydrogen) atoms. The summed E-state index contributed by atoms with van der Waals surface area (Å²) in [6, 6.07) is 3.71. The van der Waals surface area contributed by atoms with Crippen LogP contribution in [0.15, 0.2) is 18.3 Å². The first-order valence-corrected chi connectivity index (χ1v) is 4.35. The van der Waals surface area contributed by atoms with Crippen molar-refractivity contribution in [2.45, 2.75) is 0 Å². The predicted molar refractivity (Wildman–Crippen MR) is 52.0 cm³/mol. The molecule has 0 spiro atoms. The van der Waals surface area contributed by atoms with Gasteiger partial charge in [-0.05, 0) is 12.1 Å². The zero-order valence-electron chi connectivity index (χ0n) is 6.90. The van der Waals surface area contributed by atoms with E-state index >= 15 is 0 Å². The molecule has 0 aliphatic rings. The summed E-state index contributed by atoms with van der Waals surface area (Å²) in [7, 11) is 0. The molecular weight excluding hydrogens is 202 g/mol. The number of fused-ring (bicyclic) bond motifs is 3. The number of hydrogen-bond donors (Lipinski definition) is 1. The summed E-state index contributed by atoms with van der Waals surface area (Å²) in [5.74, 6) is 0. The Morgan fingerprint density at radius 1 is 1.21 bits per heavy atom. The van der Waals surface area contributed by atoms with Crippen molar-refractivity contribution in [2.24, 2.45) is 0 Å². The Balaban J connectivity index is 2.66. The highest BCUT2D eigenvalue weighted by molar-refractivity contribution is 6.34. The van der Waals surface area contributed by atoms with Gasteiger partial charge in [-0.2, -0.15) is 15.4 Å². The van der Waals surface area contributed by atoms with Crippen molar-refractivity contribution >= 4 is 33.7 Å². The largest absolute Gasteiger partial charge is 0.237 e. The highest BCUT2D eigenvalue weighted by Gasteiger charge is 2.10. The number of rotatable bonds is 0. The van der Waals surface area contributed by atoms with Crippen molar-refractivity contribution in [1.29, 1.82) is 0 Å². The van der Waals surface area contributed by atoms with E-state index in [2.05, 4.69) is 25.4 Å². The second-order valence-corrected chi connectivity index (χ2v) is 3.16. The van der Waals surface area contributed by atoms with E-state index in [-0.39, 0.29) is 0 Å². The highest BCUT2D eigenvalue weighted by atomic mass is 35.5. The fourth-order valence-electron chi connectivity index (χ4n) is 1.38. The molecule has 0 aliphatic heterocycles.